The van der Waals surface area contributed by atoms with Gasteiger partial charge in [-0.05, 0) is 36.2 Å². The van der Waals surface area contributed by atoms with Crippen LogP contribution in [0.4, 0.5) is 11.4 Å². The molecule has 3 nitrogen and oxygen atoms in total. The quantitative estimate of drug-likeness (QED) is 0.888. The van der Waals surface area contributed by atoms with Crippen molar-refractivity contribution in [3.63, 3.8) is 0 Å². The Hall–Kier alpha value is -1.81. The maximum Gasteiger partial charge on any atom is 0.251 e. The molecule has 1 unspecified atom stereocenters. The molecule has 3 rings (SSSR count). The van der Waals surface area contributed by atoms with E-state index >= 15 is 0 Å². The molecule has 0 fully saturated rings. The zero-order valence-electron chi connectivity index (χ0n) is 11.1. The maximum absolute atomic E-state index is 12.1. The average molecular weight is 331 g/mol. The number of aryl methyl sites for hydroxylation is 1. The van der Waals surface area contributed by atoms with Crippen LogP contribution in [0.5, 0.6) is 0 Å². The first kappa shape index (κ1) is 13.2. The van der Waals surface area contributed by atoms with Crippen LogP contribution in [0.2, 0.25) is 0 Å². The van der Waals surface area contributed by atoms with Crippen LogP contribution < -0.4 is 10.6 Å². The fourth-order valence-corrected chi connectivity index (χ4v) is 2.79. The second-order valence-electron chi connectivity index (χ2n) is 4.85. The van der Waals surface area contributed by atoms with Gasteiger partial charge in [-0.25, -0.2) is 0 Å². The first-order valence-corrected chi connectivity index (χ1v) is 7.42. The normalized spacial score (nSPS) is 16.7. The van der Waals surface area contributed by atoms with Crippen LogP contribution in [0.3, 0.4) is 0 Å². The summed E-state index contributed by atoms with van der Waals surface area (Å²) in [5, 5.41) is 6.22. The molecule has 0 spiro atoms. The highest BCUT2D eigenvalue weighted by Crippen LogP contribution is 2.35. The molecule has 1 aliphatic heterocycles. The second kappa shape index (κ2) is 5.29. The molecule has 102 valence electrons. The molecule has 2 N–H and O–H groups in total. The molecule has 0 saturated heterocycles. The van der Waals surface area contributed by atoms with Gasteiger partial charge in [0, 0.05) is 21.4 Å². The lowest BCUT2D eigenvalue weighted by atomic mass is 10.1. The van der Waals surface area contributed by atoms with E-state index in [0.717, 1.165) is 27.8 Å². The molecule has 1 heterocycles. The Bertz CT molecular complexity index is 669. The van der Waals surface area contributed by atoms with Crippen LogP contribution in [0, 0.1) is 0 Å². The monoisotopic (exact) mass is 330 g/mol. The van der Waals surface area contributed by atoms with E-state index in [4.69, 9.17) is 0 Å². The van der Waals surface area contributed by atoms with Gasteiger partial charge in [0.2, 0.25) is 0 Å². The molecule has 1 amide bonds. The van der Waals surface area contributed by atoms with Crippen molar-refractivity contribution in [2.75, 3.05) is 10.6 Å². The minimum Gasteiger partial charge on any atom is -0.370 e. The highest BCUT2D eigenvalue weighted by atomic mass is 79.9. The number of hydrogen-bond acceptors (Lipinski definition) is 2. The number of benzene rings is 2. The van der Waals surface area contributed by atoms with Gasteiger partial charge in [0.25, 0.3) is 5.91 Å². The molecule has 2 aromatic rings. The Morgan fingerprint density at radius 2 is 2.10 bits per heavy atom. The van der Waals surface area contributed by atoms with E-state index < -0.39 is 0 Å². The van der Waals surface area contributed by atoms with E-state index in [1.807, 2.05) is 30.3 Å². The van der Waals surface area contributed by atoms with Crippen molar-refractivity contribution in [3.8, 4) is 0 Å². The zero-order chi connectivity index (χ0) is 14.1. The number of amides is 1. The summed E-state index contributed by atoms with van der Waals surface area (Å²) in [6.45, 7) is 2.12. The molecule has 1 aliphatic rings. The fourth-order valence-electron chi connectivity index (χ4n) is 2.43. The van der Waals surface area contributed by atoms with E-state index in [0.29, 0.717) is 0 Å². The highest BCUT2D eigenvalue weighted by Gasteiger charge is 2.30. The fraction of sp³-hybridized carbons (Fsp3) is 0.188. The van der Waals surface area contributed by atoms with Gasteiger partial charge in [0.15, 0.2) is 0 Å². The molecule has 4 heteroatoms. The summed E-state index contributed by atoms with van der Waals surface area (Å²) in [5.74, 6) is -0.0139. The van der Waals surface area contributed by atoms with Crippen LogP contribution in [-0.2, 0) is 11.2 Å². The van der Waals surface area contributed by atoms with Crippen molar-refractivity contribution in [1.29, 1.82) is 0 Å². The first-order chi connectivity index (χ1) is 9.67. The Kier molecular flexibility index (Phi) is 3.49. The Labute approximate surface area is 126 Å². The van der Waals surface area contributed by atoms with Gasteiger partial charge >= 0.3 is 0 Å². The van der Waals surface area contributed by atoms with Crippen molar-refractivity contribution in [2.24, 2.45) is 0 Å². The Morgan fingerprint density at radius 3 is 2.90 bits per heavy atom. The summed E-state index contributed by atoms with van der Waals surface area (Å²) < 4.78 is 0.963. The van der Waals surface area contributed by atoms with Crippen LogP contribution in [0.25, 0.3) is 0 Å². The number of carbonyl (C=O) groups excluding carboxylic acids is 1. The molecule has 20 heavy (non-hydrogen) atoms. The third kappa shape index (κ3) is 2.43. The summed E-state index contributed by atoms with van der Waals surface area (Å²) in [5.41, 5.74) is 4.08. The third-order valence-corrected chi connectivity index (χ3v) is 3.99. The van der Waals surface area contributed by atoms with Gasteiger partial charge in [-0.2, -0.15) is 0 Å². The number of hydrogen-bond donors (Lipinski definition) is 2. The number of carbonyl (C=O) groups is 1. The van der Waals surface area contributed by atoms with Gasteiger partial charge in [-0.1, -0.05) is 41.1 Å². The number of fused-ring (bicyclic) bond motifs is 1. The van der Waals surface area contributed by atoms with E-state index in [9.17, 15) is 4.79 Å². The molecule has 1 atom stereocenters. The molecule has 0 aliphatic carbocycles. The van der Waals surface area contributed by atoms with Crippen molar-refractivity contribution < 1.29 is 4.79 Å². The summed E-state index contributed by atoms with van der Waals surface area (Å²) in [4.78, 5) is 12.1. The maximum atomic E-state index is 12.1. The highest BCUT2D eigenvalue weighted by molar-refractivity contribution is 9.10. The molecule has 0 saturated carbocycles. The summed E-state index contributed by atoms with van der Waals surface area (Å²) in [7, 11) is 0. The Balaban J connectivity index is 1.90. The number of halogens is 1. The van der Waals surface area contributed by atoms with Crippen molar-refractivity contribution >= 4 is 33.2 Å². The van der Waals surface area contributed by atoms with Gasteiger partial charge in [-0.15, -0.1) is 0 Å². The minimum atomic E-state index is -0.329. The Morgan fingerprint density at radius 1 is 1.25 bits per heavy atom. The van der Waals surface area contributed by atoms with Crippen LogP contribution in [-0.4, -0.2) is 5.91 Å². The predicted octanol–water partition coefficient (Wildman–Crippen LogP) is 4.12. The zero-order valence-corrected chi connectivity index (χ0v) is 12.7. The number of rotatable bonds is 3. The molecule has 0 aromatic heterocycles. The summed E-state index contributed by atoms with van der Waals surface area (Å²) in [6.07, 6.45) is 0.982. The summed E-state index contributed by atoms with van der Waals surface area (Å²) in [6, 6.07) is 13.7. The lowest BCUT2D eigenvalue weighted by Crippen LogP contribution is -2.19. The second-order valence-corrected chi connectivity index (χ2v) is 5.77. The number of nitrogens with one attached hydrogen (secondary N) is 2. The standard InChI is InChI=1S/C16H15BrN2O/c1-2-10-4-3-5-12(8-10)18-15-13-7-6-11(17)9-14(13)19-16(15)20/h3-9,15,18H,2H2,1H3,(H,19,20). The van der Waals surface area contributed by atoms with Crippen LogP contribution in [0.1, 0.15) is 24.1 Å². The topological polar surface area (TPSA) is 41.1 Å². The predicted molar refractivity (Wildman–Crippen MR) is 85.0 cm³/mol. The average Bonchev–Trinajstić information content (AvgIpc) is 2.74. The van der Waals surface area contributed by atoms with Crippen molar-refractivity contribution in [3.05, 3.63) is 58.1 Å². The molecule has 0 radical (unpaired) electrons. The van der Waals surface area contributed by atoms with Crippen molar-refractivity contribution in [1.82, 2.24) is 0 Å². The van der Waals surface area contributed by atoms with Crippen LogP contribution in [0.15, 0.2) is 46.9 Å². The SMILES string of the molecule is CCc1cccc(NC2C(=O)Nc3cc(Br)ccc32)c1. The van der Waals surface area contributed by atoms with E-state index in [2.05, 4.69) is 45.6 Å². The molecule has 0 bridgehead atoms. The van der Waals surface area contributed by atoms with Crippen molar-refractivity contribution in [2.45, 2.75) is 19.4 Å². The number of anilines is 2. The van der Waals surface area contributed by atoms with Gasteiger partial charge in [0.05, 0.1) is 0 Å². The largest absolute Gasteiger partial charge is 0.370 e. The van der Waals surface area contributed by atoms with Crippen LogP contribution >= 0.6 is 15.9 Å². The van der Waals surface area contributed by atoms with E-state index in [-0.39, 0.29) is 11.9 Å². The van der Waals surface area contributed by atoms with Gasteiger partial charge < -0.3 is 10.6 Å². The van der Waals surface area contributed by atoms with E-state index in [1.165, 1.54) is 5.56 Å². The summed E-state index contributed by atoms with van der Waals surface area (Å²) >= 11 is 3.42. The first-order valence-electron chi connectivity index (χ1n) is 6.63. The lowest BCUT2D eigenvalue weighted by molar-refractivity contribution is -0.116. The minimum absolute atomic E-state index is 0.0139. The molecular formula is C16H15BrN2O. The van der Waals surface area contributed by atoms with Gasteiger partial charge in [0.1, 0.15) is 6.04 Å². The lowest BCUT2D eigenvalue weighted by Gasteiger charge is -2.13. The smallest absolute Gasteiger partial charge is 0.251 e. The van der Waals surface area contributed by atoms with Gasteiger partial charge in [-0.3, -0.25) is 4.79 Å². The molecule has 2 aromatic carbocycles. The third-order valence-electron chi connectivity index (χ3n) is 3.49. The molecular weight excluding hydrogens is 316 g/mol. The van der Waals surface area contributed by atoms with E-state index in [1.54, 1.807) is 0 Å².